The van der Waals surface area contributed by atoms with Gasteiger partial charge in [0, 0.05) is 13.1 Å². The van der Waals surface area contributed by atoms with Crippen LogP contribution in [0.25, 0.3) is 0 Å². The summed E-state index contributed by atoms with van der Waals surface area (Å²) in [5, 5.41) is 2.75. The third-order valence-corrected chi connectivity index (χ3v) is 3.82. The highest BCUT2D eigenvalue weighted by Gasteiger charge is 2.36. The lowest BCUT2D eigenvalue weighted by atomic mass is 10.1. The molecule has 0 saturated heterocycles. The fourth-order valence-corrected chi connectivity index (χ4v) is 2.48. The maximum absolute atomic E-state index is 12.1. The number of amides is 3. The van der Waals surface area contributed by atoms with Crippen molar-refractivity contribution in [3.63, 3.8) is 0 Å². The molecule has 0 spiro atoms. The van der Waals surface area contributed by atoms with Crippen LogP contribution < -0.4 is 5.32 Å². The molecule has 0 bridgehead atoms. The largest absolute Gasteiger partial charge is 0.353 e. The molecule has 0 atom stereocenters. The van der Waals surface area contributed by atoms with Crippen molar-refractivity contribution in [1.82, 2.24) is 15.1 Å². The molecule has 0 aliphatic carbocycles. The number of fused-ring (bicyclic) bond motifs is 1. The quantitative estimate of drug-likeness (QED) is 0.754. The molecule has 118 valence electrons. The van der Waals surface area contributed by atoms with E-state index in [2.05, 4.69) is 24.1 Å². The Bertz CT molecular complexity index is 547. The van der Waals surface area contributed by atoms with Crippen molar-refractivity contribution in [2.45, 2.75) is 13.8 Å². The van der Waals surface area contributed by atoms with E-state index >= 15 is 0 Å². The summed E-state index contributed by atoms with van der Waals surface area (Å²) in [6.45, 7) is 6.99. The maximum Gasteiger partial charge on any atom is 0.262 e. The highest BCUT2D eigenvalue weighted by Crippen LogP contribution is 2.21. The molecule has 1 aromatic carbocycles. The molecule has 1 aromatic rings. The molecule has 0 unspecified atom stereocenters. The lowest BCUT2D eigenvalue weighted by molar-refractivity contribution is -0.121. The van der Waals surface area contributed by atoms with Crippen LogP contribution in [0.4, 0.5) is 0 Å². The van der Waals surface area contributed by atoms with Gasteiger partial charge >= 0.3 is 0 Å². The topological polar surface area (TPSA) is 69.7 Å². The van der Waals surface area contributed by atoms with Crippen LogP contribution >= 0.6 is 0 Å². The number of hydrogen-bond donors (Lipinski definition) is 1. The van der Waals surface area contributed by atoms with Crippen LogP contribution in [0.5, 0.6) is 0 Å². The van der Waals surface area contributed by atoms with Gasteiger partial charge in [0.1, 0.15) is 6.54 Å². The number of nitrogens with one attached hydrogen (secondary N) is 1. The van der Waals surface area contributed by atoms with Crippen LogP contribution in [0, 0.1) is 0 Å². The molecule has 1 N–H and O–H groups in total. The molecule has 22 heavy (non-hydrogen) atoms. The Hall–Kier alpha value is -2.21. The Balaban J connectivity index is 1.88. The Labute approximate surface area is 130 Å². The predicted octanol–water partition coefficient (Wildman–Crippen LogP) is 0.741. The average Bonchev–Trinajstić information content (AvgIpc) is 2.77. The fourth-order valence-electron chi connectivity index (χ4n) is 2.48. The molecule has 6 heteroatoms. The Morgan fingerprint density at radius 3 is 2.14 bits per heavy atom. The first-order chi connectivity index (χ1) is 10.6. The van der Waals surface area contributed by atoms with Crippen molar-refractivity contribution < 1.29 is 14.4 Å². The number of likely N-dealkylation sites (N-methyl/N-ethyl adjacent to an activating group) is 1. The van der Waals surface area contributed by atoms with Gasteiger partial charge in [-0.1, -0.05) is 26.0 Å². The molecule has 2 rings (SSSR count). The van der Waals surface area contributed by atoms with Gasteiger partial charge in [0.25, 0.3) is 11.8 Å². The van der Waals surface area contributed by atoms with Crippen LogP contribution in [0.3, 0.4) is 0 Å². The average molecular weight is 303 g/mol. The van der Waals surface area contributed by atoms with Gasteiger partial charge in [-0.2, -0.15) is 0 Å². The smallest absolute Gasteiger partial charge is 0.262 e. The van der Waals surface area contributed by atoms with Crippen molar-refractivity contribution >= 4 is 17.7 Å². The number of carbonyl (C=O) groups excluding carboxylic acids is 3. The second-order valence-corrected chi connectivity index (χ2v) is 5.12. The van der Waals surface area contributed by atoms with Crippen molar-refractivity contribution in [2.24, 2.45) is 0 Å². The van der Waals surface area contributed by atoms with Gasteiger partial charge in [-0.3, -0.25) is 19.3 Å². The van der Waals surface area contributed by atoms with E-state index in [-0.39, 0.29) is 12.5 Å². The van der Waals surface area contributed by atoms with Crippen molar-refractivity contribution in [3.8, 4) is 0 Å². The van der Waals surface area contributed by atoms with E-state index in [0.29, 0.717) is 17.7 Å². The molecule has 6 nitrogen and oxygen atoms in total. The number of nitrogens with zero attached hydrogens (tertiary/aromatic N) is 2. The molecule has 1 heterocycles. The van der Waals surface area contributed by atoms with Gasteiger partial charge in [-0.25, -0.2) is 0 Å². The molecular weight excluding hydrogens is 282 g/mol. The fraction of sp³-hybridized carbons (Fsp3) is 0.438. The molecule has 0 radical (unpaired) electrons. The normalized spacial score (nSPS) is 13.7. The summed E-state index contributed by atoms with van der Waals surface area (Å²) in [4.78, 5) is 39.4. The third-order valence-electron chi connectivity index (χ3n) is 3.82. The first-order valence-electron chi connectivity index (χ1n) is 7.52. The van der Waals surface area contributed by atoms with Gasteiger partial charge in [0.2, 0.25) is 5.91 Å². The van der Waals surface area contributed by atoms with E-state index in [9.17, 15) is 14.4 Å². The zero-order valence-corrected chi connectivity index (χ0v) is 13.0. The Morgan fingerprint density at radius 1 is 1.09 bits per heavy atom. The lowest BCUT2D eigenvalue weighted by Crippen LogP contribution is -2.42. The van der Waals surface area contributed by atoms with E-state index in [0.717, 1.165) is 24.5 Å². The summed E-state index contributed by atoms with van der Waals surface area (Å²) >= 11 is 0. The van der Waals surface area contributed by atoms with E-state index in [1.807, 2.05) is 0 Å². The van der Waals surface area contributed by atoms with E-state index in [1.165, 1.54) is 0 Å². The minimum absolute atomic E-state index is 0.232. The van der Waals surface area contributed by atoms with Gasteiger partial charge < -0.3 is 10.2 Å². The number of rotatable bonds is 7. The molecule has 1 aliphatic rings. The lowest BCUT2D eigenvalue weighted by Gasteiger charge is -2.19. The summed E-state index contributed by atoms with van der Waals surface area (Å²) in [6, 6.07) is 6.62. The van der Waals surface area contributed by atoms with Crippen LogP contribution in [-0.4, -0.2) is 60.2 Å². The van der Waals surface area contributed by atoms with Crippen molar-refractivity contribution in [2.75, 3.05) is 32.7 Å². The third kappa shape index (κ3) is 3.33. The van der Waals surface area contributed by atoms with Crippen molar-refractivity contribution in [1.29, 1.82) is 0 Å². The number of imide groups is 1. The molecule has 0 aromatic heterocycles. The summed E-state index contributed by atoms with van der Waals surface area (Å²) in [6.07, 6.45) is 0. The zero-order valence-electron chi connectivity index (χ0n) is 13.0. The zero-order chi connectivity index (χ0) is 16.1. The molecule has 3 amide bonds. The predicted molar refractivity (Wildman–Crippen MR) is 82.6 cm³/mol. The van der Waals surface area contributed by atoms with E-state index in [4.69, 9.17) is 0 Å². The van der Waals surface area contributed by atoms with Crippen LogP contribution in [0.2, 0.25) is 0 Å². The number of carbonyl (C=O) groups is 3. The summed E-state index contributed by atoms with van der Waals surface area (Å²) in [7, 11) is 0. The Kier molecular flexibility index (Phi) is 5.27. The summed E-state index contributed by atoms with van der Waals surface area (Å²) in [5.41, 5.74) is 0.729. The van der Waals surface area contributed by atoms with Gasteiger partial charge in [-0.05, 0) is 25.2 Å². The maximum atomic E-state index is 12.1. The summed E-state index contributed by atoms with van der Waals surface area (Å²) in [5.74, 6) is -1.12. The summed E-state index contributed by atoms with van der Waals surface area (Å²) < 4.78 is 0. The minimum Gasteiger partial charge on any atom is -0.353 e. The minimum atomic E-state index is -0.403. The van der Waals surface area contributed by atoms with Crippen molar-refractivity contribution in [3.05, 3.63) is 35.4 Å². The molecule has 0 fully saturated rings. The molecular formula is C16H21N3O3. The highest BCUT2D eigenvalue weighted by molar-refractivity contribution is 6.22. The monoisotopic (exact) mass is 303 g/mol. The standard InChI is InChI=1S/C16H21N3O3/c1-3-18(4-2)10-9-17-14(20)11-19-15(21)12-7-5-6-8-13(12)16(19)22/h5-8H,3-4,9-11H2,1-2H3,(H,17,20). The van der Waals surface area contributed by atoms with Crippen LogP contribution in [0.15, 0.2) is 24.3 Å². The Morgan fingerprint density at radius 2 is 1.64 bits per heavy atom. The highest BCUT2D eigenvalue weighted by atomic mass is 16.2. The van der Waals surface area contributed by atoms with Gasteiger partial charge in [0.15, 0.2) is 0 Å². The first kappa shape index (κ1) is 16.2. The number of benzene rings is 1. The molecule has 1 aliphatic heterocycles. The van der Waals surface area contributed by atoms with E-state index < -0.39 is 11.8 Å². The van der Waals surface area contributed by atoms with Gasteiger partial charge in [-0.15, -0.1) is 0 Å². The SMILES string of the molecule is CCN(CC)CCNC(=O)CN1C(=O)c2ccccc2C1=O. The van der Waals surface area contributed by atoms with E-state index in [1.54, 1.807) is 24.3 Å². The van der Waals surface area contributed by atoms with Crippen LogP contribution in [-0.2, 0) is 4.79 Å². The number of hydrogen-bond acceptors (Lipinski definition) is 4. The van der Waals surface area contributed by atoms with Crippen LogP contribution in [0.1, 0.15) is 34.6 Å². The second kappa shape index (κ2) is 7.17. The second-order valence-electron chi connectivity index (χ2n) is 5.12. The van der Waals surface area contributed by atoms with Gasteiger partial charge in [0.05, 0.1) is 11.1 Å². The molecule has 0 saturated carbocycles. The first-order valence-corrected chi connectivity index (χ1v) is 7.52.